The molecule has 1 heterocycles. The lowest BCUT2D eigenvalue weighted by molar-refractivity contribution is 0.316. The molecule has 1 aromatic carbocycles. The molecule has 0 amide bonds. The quantitative estimate of drug-likeness (QED) is 0.853. The van der Waals surface area contributed by atoms with E-state index in [0.717, 1.165) is 36.9 Å². The Morgan fingerprint density at radius 1 is 1.18 bits per heavy atom. The maximum Gasteiger partial charge on any atom is 0.126 e. The highest BCUT2D eigenvalue weighted by Gasteiger charge is 2.17. The molecule has 2 atom stereocenters. The molecule has 17 heavy (non-hydrogen) atoms. The first-order valence-corrected chi connectivity index (χ1v) is 6.32. The van der Waals surface area contributed by atoms with Gasteiger partial charge in [0.05, 0.1) is 0 Å². The van der Waals surface area contributed by atoms with Gasteiger partial charge in [-0.15, -0.1) is 0 Å². The van der Waals surface area contributed by atoms with E-state index < -0.39 is 11.6 Å². The molecule has 0 spiro atoms. The van der Waals surface area contributed by atoms with E-state index in [-0.39, 0.29) is 0 Å². The Hall–Kier alpha value is -0.960. The molecule has 1 fully saturated rings. The Morgan fingerprint density at radius 2 is 1.88 bits per heavy atom. The maximum absolute atomic E-state index is 13.0. The number of nitrogens with one attached hydrogen (secondary N) is 1. The van der Waals surface area contributed by atoms with Crippen LogP contribution in [0.3, 0.4) is 0 Å². The van der Waals surface area contributed by atoms with Crippen molar-refractivity contribution in [3.63, 3.8) is 0 Å². The van der Waals surface area contributed by atoms with Crippen LogP contribution in [0, 0.1) is 17.6 Å². The van der Waals surface area contributed by atoms with Gasteiger partial charge in [-0.2, -0.15) is 0 Å². The second-order valence-corrected chi connectivity index (χ2v) is 5.10. The smallest absolute Gasteiger partial charge is 0.126 e. The summed E-state index contributed by atoms with van der Waals surface area (Å²) in [6.07, 6.45) is 4.10. The van der Waals surface area contributed by atoms with E-state index in [4.69, 9.17) is 0 Å². The second kappa shape index (κ2) is 5.58. The van der Waals surface area contributed by atoms with Gasteiger partial charge in [0.25, 0.3) is 0 Å². The van der Waals surface area contributed by atoms with Gasteiger partial charge in [0, 0.05) is 12.1 Å². The van der Waals surface area contributed by atoms with E-state index in [1.165, 1.54) is 25.0 Å². The van der Waals surface area contributed by atoms with E-state index in [1.54, 1.807) is 0 Å². The normalized spacial score (nSPS) is 24.9. The molecule has 0 aliphatic carbocycles. The van der Waals surface area contributed by atoms with Crippen molar-refractivity contribution < 1.29 is 8.78 Å². The molecule has 1 saturated heterocycles. The minimum atomic E-state index is -0.481. The summed E-state index contributed by atoms with van der Waals surface area (Å²) < 4.78 is 26.0. The zero-order valence-electron chi connectivity index (χ0n) is 10.2. The molecule has 0 aromatic heterocycles. The number of benzene rings is 1. The molecule has 1 N–H and O–H groups in total. The zero-order chi connectivity index (χ0) is 12.3. The fourth-order valence-electron chi connectivity index (χ4n) is 2.40. The number of piperidine rings is 1. The van der Waals surface area contributed by atoms with Crippen molar-refractivity contribution in [2.45, 2.75) is 38.6 Å². The molecule has 3 heteroatoms. The standard InChI is InChI=1S/C14H19F2N/c1-10-2-4-14(17-9-10)5-3-11-6-12(15)8-13(16)7-11/h6-8,10,14,17H,2-5,9H2,1H3. The van der Waals surface area contributed by atoms with Gasteiger partial charge in [-0.25, -0.2) is 8.78 Å². The first-order chi connectivity index (χ1) is 8.13. The van der Waals surface area contributed by atoms with Crippen LogP contribution < -0.4 is 5.32 Å². The van der Waals surface area contributed by atoms with E-state index in [0.29, 0.717) is 6.04 Å². The second-order valence-electron chi connectivity index (χ2n) is 5.10. The summed E-state index contributed by atoms with van der Waals surface area (Å²) in [4.78, 5) is 0. The molecule has 94 valence electrons. The van der Waals surface area contributed by atoms with E-state index in [1.807, 2.05) is 0 Å². The Bertz CT molecular complexity index is 350. The van der Waals surface area contributed by atoms with Crippen LogP contribution in [-0.2, 0) is 6.42 Å². The highest BCUT2D eigenvalue weighted by molar-refractivity contribution is 5.18. The molecule has 1 nitrogen and oxygen atoms in total. The molecule has 1 aromatic rings. The Morgan fingerprint density at radius 3 is 2.47 bits per heavy atom. The summed E-state index contributed by atoms with van der Waals surface area (Å²) in [6, 6.07) is 4.27. The molecule has 0 bridgehead atoms. The van der Waals surface area contributed by atoms with Gasteiger partial charge < -0.3 is 5.32 Å². The van der Waals surface area contributed by atoms with Crippen molar-refractivity contribution in [1.29, 1.82) is 0 Å². The Kier molecular flexibility index (Phi) is 4.11. The summed E-state index contributed by atoms with van der Waals surface area (Å²) >= 11 is 0. The number of hydrogen-bond acceptors (Lipinski definition) is 1. The van der Waals surface area contributed by atoms with Crippen molar-refractivity contribution in [1.82, 2.24) is 5.32 Å². The van der Waals surface area contributed by atoms with Crippen LogP contribution in [0.15, 0.2) is 18.2 Å². The lowest BCUT2D eigenvalue weighted by Gasteiger charge is -2.27. The van der Waals surface area contributed by atoms with Crippen LogP contribution in [0.4, 0.5) is 8.78 Å². The predicted molar refractivity (Wildman–Crippen MR) is 64.9 cm³/mol. The molecule has 1 aliphatic rings. The van der Waals surface area contributed by atoms with Gasteiger partial charge in [0.15, 0.2) is 0 Å². The third-order valence-electron chi connectivity index (χ3n) is 3.47. The van der Waals surface area contributed by atoms with Crippen molar-refractivity contribution in [3.8, 4) is 0 Å². The highest BCUT2D eigenvalue weighted by Crippen LogP contribution is 2.18. The summed E-state index contributed by atoms with van der Waals surface area (Å²) in [5.74, 6) is -0.215. The van der Waals surface area contributed by atoms with Crippen molar-refractivity contribution in [2.24, 2.45) is 5.92 Å². The minimum Gasteiger partial charge on any atom is -0.314 e. The van der Waals surface area contributed by atoms with Crippen LogP contribution >= 0.6 is 0 Å². The Balaban J connectivity index is 1.85. The van der Waals surface area contributed by atoms with Crippen molar-refractivity contribution in [3.05, 3.63) is 35.4 Å². The maximum atomic E-state index is 13.0. The lowest BCUT2D eigenvalue weighted by Crippen LogP contribution is -2.38. The van der Waals surface area contributed by atoms with E-state index in [9.17, 15) is 8.78 Å². The highest BCUT2D eigenvalue weighted by atomic mass is 19.1. The molecule has 1 aliphatic heterocycles. The van der Waals surface area contributed by atoms with Gasteiger partial charge in [0.2, 0.25) is 0 Å². The van der Waals surface area contributed by atoms with Crippen LogP contribution in [0.1, 0.15) is 31.7 Å². The first kappa shape index (κ1) is 12.5. The number of hydrogen-bond donors (Lipinski definition) is 1. The lowest BCUT2D eigenvalue weighted by atomic mass is 9.93. The van der Waals surface area contributed by atoms with Gasteiger partial charge in [-0.3, -0.25) is 0 Å². The summed E-state index contributed by atoms with van der Waals surface area (Å²) in [7, 11) is 0. The number of aryl methyl sites for hydroxylation is 1. The molecular weight excluding hydrogens is 220 g/mol. The van der Waals surface area contributed by atoms with Crippen LogP contribution in [0.2, 0.25) is 0 Å². The monoisotopic (exact) mass is 239 g/mol. The third-order valence-corrected chi connectivity index (χ3v) is 3.47. The summed E-state index contributed by atoms with van der Waals surface area (Å²) in [6.45, 7) is 3.30. The Labute approximate surface area is 101 Å². The third kappa shape index (κ3) is 3.77. The van der Waals surface area contributed by atoms with Crippen molar-refractivity contribution in [2.75, 3.05) is 6.54 Å². The zero-order valence-corrected chi connectivity index (χ0v) is 10.2. The van der Waals surface area contributed by atoms with Crippen LogP contribution in [-0.4, -0.2) is 12.6 Å². The topological polar surface area (TPSA) is 12.0 Å². The predicted octanol–water partition coefficient (Wildman–Crippen LogP) is 3.29. The van der Waals surface area contributed by atoms with Gasteiger partial charge in [0.1, 0.15) is 11.6 Å². The fraction of sp³-hybridized carbons (Fsp3) is 0.571. The van der Waals surface area contributed by atoms with Gasteiger partial charge in [-0.05, 0) is 55.8 Å². The largest absolute Gasteiger partial charge is 0.314 e. The van der Waals surface area contributed by atoms with E-state index in [2.05, 4.69) is 12.2 Å². The van der Waals surface area contributed by atoms with Crippen LogP contribution in [0.25, 0.3) is 0 Å². The summed E-state index contributed by atoms with van der Waals surface area (Å²) in [5, 5.41) is 3.48. The summed E-state index contributed by atoms with van der Waals surface area (Å²) in [5.41, 5.74) is 0.753. The van der Waals surface area contributed by atoms with Crippen molar-refractivity contribution >= 4 is 0 Å². The molecule has 2 unspecified atom stereocenters. The molecule has 2 rings (SSSR count). The number of rotatable bonds is 3. The van der Waals surface area contributed by atoms with Gasteiger partial charge in [-0.1, -0.05) is 6.92 Å². The first-order valence-electron chi connectivity index (χ1n) is 6.32. The average molecular weight is 239 g/mol. The van der Waals surface area contributed by atoms with Gasteiger partial charge >= 0.3 is 0 Å². The molecular formula is C14H19F2N. The average Bonchev–Trinajstić information content (AvgIpc) is 2.27. The fourth-order valence-corrected chi connectivity index (χ4v) is 2.40. The molecule has 0 radical (unpaired) electrons. The minimum absolute atomic E-state index is 0.481. The van der Waals surface area contributed by atoms with E-state index >= 15 is 0 Å². The molecule has 0 saturated carbocycles. The van der Waals surface area contributed by atoms with Crippen LogP contribution in [0.5, 0.6) is 0 Å². The number of halogens is 2. The SMILES string of the molecule is CC1CCC(CCc2cc(F)cc(F)c2)NC1.